The lowest BCUT2D eigenvalue weighted by Gasteiger charge is -2.08. The van der Waals surface area contributed by atoms with E-state index in [1.54, 1.807) is 0 Å². The molecule has 2 nitrogen and oxygen atoms in total. The van der Waals surface area contributed by atoms with E-state index >= 15 is 0 Å². The van der Waals surface area contributed by atoms with E-state index in [2.05, 4.69) is 33.4 Å². The summed E-state index contributed by atoms with van der Waals surface area (Å²) in [7, 11) is 0. The average Bonchev–Trinajstić information content (AvgIpc) is 2.42. The van der Waals surface area contributed by atoms with Crippen LogP contribution in [0.3, 0.4) is 0 Å². The van der Waals surface area contributed by atoms with Gasteiger partial charge in [0.15, 0.2) is 0 Å². The van der Waals surface area contributed by atoms with Gasteiger partial charge < -0.3 is 5.32 Å². The van der Waals surface area contributed by atoms with Crippen LogP contribution >= 0.6 is 15.9 Å². The minimum atomic E-state index is -0.0356. The summed E-state index contributed by atoms with van der Waals surface area (Å²) in [5, 5.41) is 2.95. The molecule has 0 aliphatic rings. The van der Waals surface area contributed by atoms with E-state index < -0.39 is 0 Å². The second-order valence-electron chi connectivity index (χ2n) is 4.47. The number of nitrogens with one attached hydrogen (secondary N) is 1. The van der Waals surface area contributed by atoms with Crippen LogP contribution in [0.4, 0.5) is 0 Å². The number of hydrogen-bond donors (Lipinski definition) is 1. The summed E-state index contributed by atoms with van der Waals surface area (Å²) in [4.78, 5) is 12.1. The normalized spacial score (nSPS) is 10.2. The van der Waals surface area contributed by atoms with E-state index in [9.17, 15) is 4.79 Å². The maximum absolute atomic E-state index is 12.1. The Balaban J connectivity index is 1.93. The maximum Gasteiger partial charge on any atom is 0.252 e. The van der Waals surface area contributed by atoms with E-state index in [1.807, 2.05) is 43.3 Å². The van der Waals surface area contributed by atoms with Gasteiger partial charge in [-0.2, -0.15) is 0 Å². The standard InChI is InChI=1S/C16H16BrNO/c1-12-7-8-15(17)14(11-12)16(19)18-10-9-13-5-3-2-4-6-13/h2-8,11H,9-10H2,1H3,(H,18,19). The monoisotopic (exact) mass is 317 g/mol. The number of halogens is 1. The second-order valence-corrected chi connectivity index (χ2v) is 5.33. The summed E-state index contributed by atoms with van der Waals surface area (Å²) < 4.78 is 0.829. The van der Waals surface area contributed by atoms with Crippen molar-refractivity contribution < 1.29 is 4.79 Å². The van der Waals surface area contributed by atoms with Crippen molar-refractivity contribution in [3.8, 4) is 0 Å². The van der Waals surface area contributed by atoms with Crippen LogP contribution in [0.25, 0.3) is 0 Å². The molecule has 0 unspecified atom stereocenters. The molecule has 98 valence electrons. The number of amides is 1. The van der Waals surface area contributed by atoms with Gasteiger partial charge in [-0.15, -0.1) is 0 Å². The summed E-state index contributed by atoms with van der Waals surface area (Å²) in [5.74, 6) is -0.0356. The number of carbonyl (C=O) groups excluding carboxylic acids is 1. The fourth-order valence-electron chi connectivity index (χ4n) is 1.87. The first-order valence-electron chi connectivity index (χ1n) is 6.25. The molecule has 1 amide bonds. The van der Waals surface area contributed by atoms with E-state index in [4.69, 9.17) is 0 Å². The molecule has 0 saturated carbocycles. The zero-order valence-electron chi connectivity index (χ0n) is 10.8. The maximum atomic E-state index is 12.1. The summed E-state index contributed by atoms with van der Waals surface area (Å²) in [5.41, 5.74) is 3.00. The Morgan fingerprint density at radius 3 is 2.63 bits per heavy atom. The predicted octanol–water partition coefficient (Wildman–Crippen LogP) is 3.73. The highest BCUT2D eigenvalue weighted by Crippen LogP contribution is 2.17. The topological polar surface area (TPSA) is 29.1 Å². The van der Waals surface area contributed by atoms with E-state index in [0.29, 0.717) is 12.1 Å². The number of hydrogen-bond acceptors (Lipinski definition) is 1. The molecule has 1 N–H and O–H groups in total. The smallest absolute Gasteiger partial charge is 0.252 e. The molecule has 0 aliphatic heterocycles. The summed E-state index contributed by atoms with van der Waals surface area (Å²) >= 11 is 3.41. The van der Waals surface area contributed by atoms with Gasteiger partial charge in [-0.05, 0) is 47.0 Å². The zero-order chi connectivity index (χ0) is 13.7. The first kappa shape index (κ1) is 13.8. The minimum Gasteiger partial charge on any atom is -0.352 e. The molecule has 0 saturated heterocycles. The third kappa shape index (κ3) is 3.93. The quantitative estimate of drug-likeness (QED) is 0.914. The Morgan fingerprint density at radius 2 is 1.89 bits per heavy atom. The molecule has 0 atom stereocenters. The van der Waals surface area contributed by atoms with Crippen LogP contribution in [0.1, 0.15) is 21.5 Å². The van der Waals surface area contributed by atoms with Crippen molar-refractivity contribution in [1.29, 1.82) is 0 Å². The molecule has 0 aromatic heterocycles. The van der Waals surface area contributed by atoms with Crippen LogP contribution in [-0.4, -0.2) is 12.5 Å². The largest absolute Gasteiger partial charge is 0.352 e. The predicted molar refractivity (Wildman–Crippen MR) is 81.4 cm³/mol. The van der Waals surface area contributed by atoms with E-state index in [-0.39, 0.29) is 5.91 Å². The third-order valence-electron chi connectivity index (χ3n) is 2.91. The van der Waals surface area contributed by atoms with Gasteiger partial charge in [-0.3, -0.25) is 4.79 Å². The first-order valence-corrected chi connectivity index (χ1v) is 7.04. The first-order chi connectivity index (χ1) is 9.16. The summed E-state index contributed by atoms with van der Waals surface area (Å²) in [6.45, 7) is 2.62. The number of rotatable bonds is 4. The SMILES string of the molecule is Cc1ccc(Br)c(C(=O)NCCc2ccccc2)c1. The van der Waals surface area contributed by atoms with Crippen LogP contribution in [0.2, 0.25) is 0 Å². The molecular formula is C16H16BrNO. The highest BCUT2D eigenvalue weighted by atomic mass is 79.9. The molecule has 2 rings (SSSR count). The molecule has 2 aromatic rings. The molecule has 0 radical (unpaired) electrons. The second kappa shape index (κ2) is 6.53. The molecule has 2 aromatic carbocycles. The lowest BCUT2D eigenvalue weighted by atomic mass is 10.1. The molecule has 0 aliphatic carbocycles. The Bertz CT molecular complexity index is 566. The fraction of sp³-hybridized carbons (Fsp3) is 0.188. The van der Waals surface area contributed by atoms with E-state index in [1.165, 1.54) is 5.56 Å². The summed E-state index contributed by atoms with van der Waals surface area (Å²) in [6.07, 6.45) is 0.843. The molecule has 0 heterocycles. The highest BCUT2D eigenvalue weighted by molar-refractivity contribution is 9.10. The summed E-state index contributed by atoms with van der Waals surface area (Å²) in [6, 6.07) is 15.9. The average molecular weight is 318 g/mol. The van der Waals surface area contributed by atoms with Crippen molar-refractivity contribution in [1.82, 2.24) is 5.32 Å². The van der Waals surface area contributed by atoms with Crippen molar-refractivity contribution in [2.75, 3.05) is 6.54 Å². The molecule has 0 spiro atoms. The van der Waals surface area contributed by atoms with Crippen molar-refractivity contribution in [3.63, 3.8) is 0 Å². The van der Waals surface area contributed by atoms with Gasteiger partial charge in [0.25, 0.3) is 5.91 Å². The Labute approximate surface area is 122 Å². The third-order valence-corrected chi connectivity index (χ3v) is 3.60. The number of aryl methyl sites for hydroxylation is 1. The number of benzene rings is 2. The molecular weight excluding hydrogens is 302 g/mol. The van der Waals surface area contributed by atoms with Gasteiger partial charge in [-0.25, -0.2) is 0 Å². The van der Waals surface area contributed by atoms with Gasteiger partial charge >= 0.3 is 0 Å². The lowest BCUT2D eigenvalue weighted by Crippen LogP contribution is -2.26. The highest BCUT2D eigenvalue weighted by Gasteiger charge is 2.09. The van der Waals surface area contributed by atoms with Crippen molar-refractivity contribution in [2.24, 2.45) is 0 Å². The fourth-order valence-corrected chi connectivity index (χ4v) is 2.30. The Kier molecular flexibility index (Phi) is 4.74. The molecule has 0 fully saturated rings. The van der Waals surface area contributed by atoms with Crippen molar-refractivity contribution >= 4 is 21.8 Å². The Hall–Kier alpha value is -1.61. The van der Waals surface area contributed by atoms with Gasteiger partial charge in [-0.1, -0.05) is 42.0 Å². The number of carbonyl (C=O) groups is 1. The zero-order valence-corrected chi connectivity index (χ0v) is 12.4. The van der Waals surface area contributed by atoms with E-state index in [0.717, 1.165) is 16.5 Å². The molecule has 19 heavy (non-hydrogen) atoms. The van der Waals surface area contributed by atoms with Crippen LogP contribution in [0.5, 0.6) is 0 Å². The minimum absolute atomic E-state index is 0.0356. The van der Waals surface area contributed by atoms with Gasteiger partial charge in [0.1, 0.15) is 0 Å². The van der Waals surface area contributed by atoms with Crippen molar-refractivity contribution in [3.05, 3.63) is 69.7 Å². The molecule has 0 bridgehead atoms. The van der Waals surface area contributed by atoms with Crippen LogP contribution in [-0.2, 0) is 6.42 Å². The van der Waals surface area contributed by atoms with Gasteiger partial charge in [0.05, 0.1) is 5.56 Å². The Morgan fingerprint density at radius 1 is 1.16 bits per heavy atom. The van der Waals surface area contributed by atoms with Crippen LogP contribution < -0.4 is 5.32 Å². The lowest BCUT2D eigenvalue weighted by molar-refractivity contribution is 0.0953. The van der Waals surface area contributed by atoms with Crippen LogP contribution in [0.15, 0.2) is 53.0 Å². The van der Waals surface area contributed by atoms with Crippen molar-refractivity contribution in [2.45, 2.75) is 13.3 Å². The van der Waals surface area contributed by atoms with Gasteiger partial charge in [0, 0.05) is 11.0 Å². The van der Waals surface area contributed by atoms with Crippen LogP contribution in [0, 0.1) is 6.92 Å². The molecule has 3 heteroatoms. The van der Waals surface area contributed by atoms with Gasteiger partial charge in [0.2, 0.25) is 0 Å².